The Balaban J connectivity index is 2.44. The summed E-state index contributed by atoms with van der Waals surface area (Å²) in [5.74, 6) is 0.549. The summed E-state index contributed by atoms with van der Waals surface area (Å²) in [7, 11) is 0. The molecule has 1 N–H and O–H groups in total. The fourth-order valence-electron chi connectivity index (χ4n) is 4.15. The predicted octanol–water partition coefficient (Wildman–Crippen LogP) is 6.33. The number of hydrogen-bond donors (Lipinski definition) is 1. The largest absolute Gasteiger partial charge is 0.381 e. The van der Waals surface area contributed by atoms with Crippen molar-refractivity contribution in [1.82, 2.24) is 5.32 Å². The zero-order valence-corrected chi connectivity index (χ0v) is 16.4. The molecule has 0 aromatic carbocycles. The predicted molar refractivity (Wildman–Crippen MR) is 107 cm³/mol. The standard InChI is InChI=1S/C23H35N/c1-7-14-23(6,15-8-2)20-13-12-18(22(3,4)5)17-19(20)21-11-9-10-16-24-21/h7,9-12,14,16-17,20-21,24H,8,13,15H2,1-6H3. The van der Waals surface area contributed by atoms with Crippen LogP contribution in [0.25, 0.3) is 0 Å². The summed E-state index contributed by atoms with van der Waals surface area (Å²) in [6.07, 6.45) is 21.8. The third-order valence-corrected chi connectivity index (χ3v) is 5.44. The zero-order chi connectivity index (χ0) is 17.8. The van der Waals surface area contributed by atoms with E-state index in [1.54, 1.807) is 0 Å². The maximum atomic E-state index is 3.56. The summed E-state index contributed by atoms with van der Waals surface area (Å²) >= 11 is 0. The molecule has 1 aliphatic carbocycles. The van der Waals surface area contributed by atoms with Gasteiger partial charge in [-0.25, -0.2) is 0 Å². The van der Waals surface area contributed by atoms with E-state index < -0.39 is 0 Å². The van der Waals surface area contributed by atoms with Crippen LogP contribution in [0.3, 0.4) is 0 Å². The van der Waals surface area contributed by atoms with Crippen LogP contribution in [-0.4, -0.2) is 6.04 Å². The van der Waals surface area contributed by atoms with Gasteiger partial charge in [0.25, 0.3) is 0 Å². The third-order valence-electron chi connectivity index (χ3n) is 5.44. The fraction of sp³-hybridized carbons (Fsp3) is 0.565. The molecule has 132 valence electrons. The van der Waals surface area contributed by atoms with Crippen LogP contribution in [0.1, 0.15) is 60.8 Å². The van der Waals surface area contributed by atoms with Crippen LogP contribution in [-0.2, 0) is 0 Å². The number of allylic oxidation sites excluding steroid dienone is 7. The molecule has 24 heavy (non-hydrogen) atoms. The second-order valence-electron chi connectivity index (χ2n) is 8.49. The topological polar surface area (TPSA) is 12.0 Å². The normalized spacial score (nSPS) is 26.8. The number of hydrogen-bond acceptors (Lipinski definition) is 1. The molecule has 1 nitrogen and oxygen atoms in total. The lowest BCUT2D eigenvalue weighted by Gasteiger charge is -2.42. The highest BCUT2D eigenvalue weighted by Gasteiger charge is 2.37. The minimum atomic E-state index is 0.201. The number of rotatable bonds is 5. The molecular formula is C23H35N. The quantitative estimate of drug-likeness (QED) is 0.582. The summed E-state index contributed by atoms with van der Waals surface area (Å²) in [5, 5.41) is 3.56. The molecule has 0 saturated heterocycles. The molecule has 1 heteroatoms. The highest BCUT2D eigenvalue weighted by atomic mass is 14.9. The van der Waals surface area contributed by atoms with E-state index in [1.807, 2.05) is 0 Å². The molecule has 0 fully saturated rings. The van der Waals surface area contributed by atoms with E-state index in [-0.39, 0.29) is 10.8 Å². The monoisotopic (exact) mass is 325 g/mol. The zero-order valence-electron chi connectivity index (χ0n) is 16.4. The van der Waals surface area contributed by atoms with Crippen LogP contribution in [0.2, 0.25) is 0 Å². The van der Waals surface area contributed by atoms with Crippen molar-refractivity contribution in [3.63, 3.8) is 0 Å². The molecule has 0 bridgehead atoms. The first-order valence-electron chi connectivity index (χ1n) is 9.47. The van der Waals surface area contributed by atoms with E-state index in [1.165, 1.54) is 24.0 Å². The van der Waals surface area contributed by atoms with E-state index in [0.29, 0.717) is 12.0 Å². The Morgan fingerprint density at radius 1 is 1.21 bits per heavy atom. The lowest BCUT2D eigenvalue weighted by atomic mass is 9.64. The maximum Gasteiger partial charge on any atom is 0.0661 e. The molecule has 1 heterocycles. The third kappa shape index (κ3) is 4.12. The lowest BCUT2D eigenvalue weighted by Crippen LogP contribution is -2.37. The highest BCUT2D eigenvalue weighted by molar-refractivity contribution is 5.41. The first-order chi connectivity index (χ1) is 11.3. The van der Waals surface area contributed by atoms with E-state index in [2.05, 4.69) is 95.6 Å². The second-order valence-corrected chi connectivity index (χ2v) is 8.49. The summed E-state index contributed by atoms with van der Waals surface area (Å²) < 4.78 is 0. The van der Waals surface area contributed by atoms with Gasteiger partial charge in [0.15, 0.2) is 0 Å². The van der Waals surface area contributed by atoms with Crippen LogP contribution in [0, 0.1) is 16.7 Å². The number of dihydropyridines is 1. The van der Waals surface area contributed by atoms with Gasteiger partial charge in [-0.15, -0.1) is 0 Å². The Hall–Kier alpha value is -1.50. The summed E-state index contributed by atoms with van der Waals surface area (Å²) in [5.41, 5.74) is 3.42. The van der Waals surface area contributed by atoms with Crippen LogP contribution in [0.15, 0.2) is 59.9 Å². The molecule has 0 radical (unpaired) electrons. The highest BCUT2D eigenvalue weighted by Crippen LogP contribution is 2.46. The molecule has 0 aromatic rings. The average molecular weight is 326 g/mol. The van der Waals surface area contributed by atoms with Gasteiger partial charge in [0.05, 0.1) is 6.04 Å². The average Bonchev–Trinajstić information content (AvgIpc) is 2.55. The Morgan fingerprint density at radius 3 is 2.50 bits per heavy atom. The molecule has 3 atom stereocenters. The van der Waals surface area contributed by atoms with Crippen LogP contribution >= 0.6 is 0 Å². The summed E-state index contributed by atoms with van der Waals surface area (Å²) in [6, 6.07) is 0.312. The van der Waals surface area contributed by atoms with Crippen molar-refractivity contribution in [1.29, 1.82) is 0 Å². The van der Waals surface area contributed by atoms with Gasteiger partial charge in [0.1, 0.15) is 0 Å². The van der Waals surface area contributed by atoms with E-state index in [4.69, 9.17) is 0 Å². The van der Waals surface area contributed by atoms with Crippen molar-refractivity contribution in [2.75, 3.05) is 0 Å². The SMILES string of the molecule is CC=CC(C)(CCC)C1CC=C(C(C)(C)C)C=C1C1C=CC=CN1. The smallest absolute Gasteiger partial charge is 0.0661 e. The summed E-state index contributed by atoms with van der Waals surface area (Å²) in [4.78, 5) is 0. The van der Waals surface area contributed by atoms with Crippen molar-refractivity contribution < 1.29 is 0 Å². The van der Waals surface area contributed by atoms with Crippen molar-refractivity contribution in [2.24, 2.45) is 16.7 Å². The van der Waals surface area contributed by atoms with Crippen LogP contribution < -0.4 is 5.32 Å². The van der Waals surface area contributed by atoms with Crippen molar-refractivity contribution in [2.45, 2.75) is 66.8 Å². The Bertz CT molecular complexity index is 580. The van der Waals surface area contributed by atoms with Gasteiger partial charge in [0, 0.05) is 0 Å². The van der Waals surface area contributed by atoms with Gasteiger partial charge >= 0.3 is 0 Å². The Labute approximate surface area is 149 Å². The molecule has 3 unspecified atom stereocenters. The van der Waals surface area contributed by atoms with Gasteiger partial charge in [-0.05, 0) is 59.9 Å². The Morgan fingerprint density at radius 2 is 1.96 bits per heavy atom. The molecule has 0 amide bonds. The first-order valence-corrected chi connectivity index (χ1v) is 9.47. The van der Waals surface area contributed by atoms with Crippen molar-refractivity contribution in [3.8, 4) is 0 Å². The minimum Gasteiger partial charge on any atom is -0.381 e. The van der Waals surface area contributed by atoms with E-state index >= 15 is 0 Å². The van der Waals surface area contributed by atoms with Crippen LogP contribution in [0.5, 0.6) is 0 Å². The van der Waals surface area contributed by atoms with Gasteiger partial charge < -0.3 is 5.32 Å². The molecular weight excluding hydrogens is 290 g/mol. The second kappa shape index (κ2) is 7.59. The molecule has 2 aliphatic rings. The fourth-order valence-corrected chi connectivity index (χ4v) is 4.15. The van der Waals surface area contributed by atoms with Gasteiger partial charge in [-0.2, -0.15) is 0 Å². The minimum absolute atomic E-state index is 0.201. The molecule has 0 saturated carbocycles. The number of nitrogens with one attached hydrogen (secondary N) is 1. The maximum absolute atomic E-state index is 3.56. The van der Waals surface area contributed by atoms with Gasteiger partial charge in [0.2, 0.25) is 0 Å². The van der Waals surface area contributed by atoms with Gasteiger partial charge in [-0.1, -0.05) is 77.5 Å². The van der Waals surface area contributed by atoms with E-state index in [0.717, 1.165) is 6.42 Å². The molecule has 1 aliphatic heterocycles. The van der Waals surface area contributed by atoms with Crippen molar-refractivity contribution >= 4 is 0 Å². The van der Waals surface area contributed by atoms with E-state index in [9.17, 15) is 0 Å². The van der Waals surface area contributed by atoms with Crippen molar-refractivity contribution in [3.05, 3.63) is 59.9 Å². The molecule has 0 spiro atoms. The Kier molecular flexibility index (Phi) is 5.96. The summed E-state index contributed by atoms with van der Waals surface area (Å²) in [6.45, 7) is 13.8. The lowest BCUT2D eigenvalue weighted by molar-refractivity contribution is 0.258. The van der Waals surface area contributed by atoms with Crippen LogP contribution in [0.4, 0.5) is 0 Å². The molecule has 0 aromatic heterocycles. The molecule has 2 rings (SSSR count). The van der Waals surface area contributed by atoms with Gasteiger partial charge in [-0.3, -0.25) is 0 Å². The first kappa shape index (κ1) is 18.8.